The topological polar surface area (TPSA) is 8.81 Å². The highest BCUT2D eigenvalue weighted by Gasteiger charge is 2.40. The van der Waals surface area contributed by atoms with Gasteiger partial charge >= 0.3 is 0 Å². The van der Waals surface area contributed by atoms with Gasteiger partial charge in [0, 0.05) is 5.41 Å². The maximum Gasteiger partial charge on any atom is 0.288 e. The van der Waals surface area contributed by atoms with Crippen LogP contribution in [0.15, 0.2) is 36.7 Å². The summed E-state index contributed by atoms with van der Waals surface area (Å²) in [5.74, 6) is 1.34. The van der Waals surface area contributed by atoms with Crippen LogP contribution in [0.4, 0.5) is 0 Å². The Morgan fingerprint density at radius 3 is 2.67 bits per heavy atom. The molecule has 1 aromatic heterocycles. The predicted molar refractivity (Wildman–Crippen MR) is 73.3 cm³/mol. The van der Waals surface area contributed by atoms with Crippen LogP contribution in [0.2, 0.25) is 0 Å². The molecule has 0 N–H and O–H groups in total. The first-order valence-corrected chi connectivity index (χ1v) is 6.86. The van der Waals surface area contributed by atoms with Crippen molar-refractivity contribution in [2.45, 2.75) is 38.6 Å². The summed E-state index contributed by atoms with van der Waals surface area (Å²) in [5.41, 5.74) is 3.23. The number of hydrogen-bond acceptors (Lipinski definition) is 0. The minimum atomic E-state index is 0.301. The van der Waals surface area contributed by atoms with Crippen molar-refractivity contribution in [3.05, 3.63) is 42.2 Å². The smallest absolute Gasteiger partial charge is 0.233 e. The Morgan fingerprint density at radius 1 is 1.22 bits per heavy atom. The van der Waals surface area contributed by atoms with Crippen molar-refractivity contribution in [1.82, 2.24) is 4.57 Å². The number of aromatic nitrogens is 2. The van der Waals surface area contributed by atoms with E-state index in [-0.39, 0.29) is 0 Å². The highest BCUT2D eigenvalue weighted by Crippen LogP contribution is 2.42. The van der Waals surface area contributed by atoms with Crippen LogP contribution >= 0.6 is 0 Å². The van der Waals surface area contributed by atoms with Crippen LogP contribution in [0.5, 0.6) is 0 Å². The van der Waals surface area contributed by atoms with Crippen molar-refractivity contribution in [2.24, 2.45) is 7.05 Å². The number of aryl methyl sites for hydroxylation is 1. The molecule has 0 bridgehead atoms. The van der Waals surface area contributed by atoms with E-state index < -0.39 is 0 Å². The third-order valence-electron chi connectivity index (χ3n) is 4.64. The lowest BCUT2D eigenvalue weighted by Crippen LogP contribution is -2.39. The van der Waals surface area contributed by atoms with Gasteiger partial charge in [0.15, 0.2) is 0 Å². The molecule has 1 aliphatic rings. The van der Waals surface area contributed by atoms with Crippen LogP contribution in [0, 0.1) is 0 Å². The van der Waals surface area contributed by atoms with Crippen LogP contribution in [0.3, 0.4) is 0 Å². The number of imidazole rings is 1. The second-order valence-electron chi connectivity index (χ2n) is 5.39. The van der Waals surface area contributed by atoms with E-state index in [0.717, 1.165) is 6.54 Å². The average Bonchev–Trinajstić information content (AvgIpc) is 2.79. The first-order chi connectivity index (χ1) is 8.72. The van der Waals surface area contributed by atoms with Gasteiger partial charge in [0.1, 0.15) is 18.9 Å². The van der Waals surface area contributed by atoms with E-state index in [4.69, 9.17) is 0 Å². The van der Waals surface area contributed by atoms with Crippen molar-refractivity contribution < 1.29 is 4.57 Å². The van der Waals surface area contributed by atoms with E-state index in [1.165, 1.54) is 29.8 Å². The fourth-order valence-corrected chi connectivity index (χ4v) is 3.40. The molecule has 2 aromatic rings. The Bertz CT molecular complexity index is 577. The molecule has 0 fully saturated rings. The minimum absolute atomic E-state index is 0.301. The molecule has 1 aliphatic heterocycles. The maximum atomic E-state index is 2.41. The van der Waals surface area contributed by atoms with Gasteiger partial charge in [-0.1, -0.05) is 32.0 Å². The van der Waals surface area contributed by atoms with E-state index in [0.29, 0.717) is 5.41 Å². The maximum absolute atomic E-state index is 2.41. The Hall–Kier alpha value is -1.57. The van der Waals surface area contributed by atoms with Crippen molar-refractivity contribution in [3.8, 4) is 11.4 Å². The average molecular weight is 241 g/mol. The molecule has 0 saturated carbocycles. The highest BCUT2D eigenvalue weighted by molar-refractivity contribution is 5.63. The number of hydrogen-bond donors (Lipinski definition) is 0. The van der Waals surface area contributed by atoms with Crippen molar-refractivity contribution in [2.75, 3.05) is 0 Å². The number of rotatable bonds is 2. The third kappa shape index (κ3) is 1.38. The lowest BCUT2D eigenvalue weighted by molar-refractivity contribution is -0.659. The molecule has 0 radical (unpaired) electrons. The molecule has 0 unspecified atom stereocenters. The summed E-state index contributed by atoms with van der Waals surface area (Å²) in [6.07, 6.45) is 6.77. The molecule has 94 valence electrons. The second kappa shape index (κ2) is 3.98. The molecule has 3 rings (SSSR count). The molecule has 2 nitrogen and oxygen atoms in total. The quantitative estimate of drug-likeness (QED) is 0.715. The zero-order valence-corrected chi connectivity index (χ0v) is 11.5. The molecular weight excluding hydrogens is 220 g/mol. The van der Waals surface area contributed by atoms with Gasteiger partial charge in [0.2, 0.25) is 0 Å². The minimum Gasteiger partial charge on any atom is -0.233 e. The van der Waals surface area contributed by atoms with Gasteiger partial charge in [-0.05, 0) is 24.5 Å². The standard InChI is InChI=1S/C16H21N2/c1-4-16(5-2)12-18-11-10-17(3)15(18)13-8-6-7-9-14(13)16/h6-11H,4-5,12H2,1-3H3/q+1. The number of fused-ring (bicyclic) bond motifs is 3. The van der Waals surface area contributed by atoms with Gasteiger partial charge in [-0.3, -0.25) is 0 Å². The van der Waals surface area contributed by atoms with Crippen LogP contribution < -0.4 is 4.57 Å². The van der Waals surface area contributed by atoms with Crippen LogP contribution in [0.25, 0.3) is 11.4 Å². The largest absolute Gasteiger partial charge is 0.288 e. The fraction of sp³-hybridized carbons (Fsp3) is 0.438. The van der Waals surface area contributed by atoms with Crippen molar-refractivity contribution in [3.63, 3.8) is 0 Å². The van der Waals surface area contributed by atoms with Gasteiger partial charge in [-0.2, -0.15) is 0 Å². The van der Waals surface area contributed by atoms with Gasteiger partial charge < -0.3 is 0 Å². The number of nitrogens with zero attached hydrogens (tertiary/aromatic N) is 2. The van der Waals surface area contributed by atoms with Crippen molar-refractivity contribution >= 4 is 0 Å². The summed E-state index contributed by atoms with van der Waals surface area (Å²) < 4.78 is 4.64. The lowest BCUT2D eigenvalue weighted by Gasteiger charge is -2.35. The molecule has 0 atom stereocenters. The van der Waals surface area contributed by atoms with E-state index >= 15 is 0 Å². The Kier molecular flexibility index (Phi) is 2.54. The molecule has 0 saturated heterocycles. The summed E-state index contributed by atoms with van der Waals surface area (Å²) >= 11 is 0. The molecule has 0 spiro atoms. The Labute approximate surface area is 109 Å². The van der Waals surface area contributed by atoms with Gasteiger partial charge in [-0.15, -0.1) is 0 Å². The zero-order chi connectivity index (χ0) is 12.8. The first-order valence-electron chi connectivity index (χ1n) is 6.86. The third-order valence-corrected chi connectivity index (χ3v) is 4.64. The SMILES string of the molecule is CCC1(CC)Cn2cc[n+](C)c2-c2ccccc21. The monoisotopic (exact) mass is 241 g/mol. The van der Waals surface area contributed by atoms with Gasteiger partial charge in [-0.25, -0.2) is 9.13 Å². The van der Waals surface area contributed by atoms with E-state index in [1.807, 2.05) is 0 Å². The molecule has 0 amide bonds. The van der Waals surface area contributed by atoms with Gasteiger partial charge in [0.05, 0.1) is 12.6 Å². The van der Waals surface area contributed by atoms with Gasteiger partial charge in [0.25, 0.3) is 5.82 Å². The highest BCUT2D eigenvalue weighted by atomic mass is 15.1. The van der Waals surface area contributed by atoms with E-state index in [1.54, 1.807) is 0 Å². The molecule has 1 aromatic carbocycles. The van der Waals surface area contributed by atoms with Crippen LogP contribution in [-0.2, 0) is 19.0 Å². The summed E-state index contributed by atoms with van der Waals surface area (Å²) in [7, 11) is 2.13. The molecule has 2 heteroatoms. The predicted octanol–water partition coefficient (Wildman–Crippen LogP) is 3.05. The summed E-state index contributed by atoms with van der Waals surface area (Å²) in [6.45, 7) is 5.73. The molecule has 0 aliphatic carbocycles. The Morgan fingerprint density at radius 2 is 1.94 bits per heavy atom. The summed E-state index contributed by atoms with van der Waals surface area (Å²) in [4.78, 5) is 0. The lowest BCUT2D eigenvalue weighted by atomic mass is 9.72. The first kappa shape index (κ1) is 11.5. The van der Waals surface area contributed by atoms with Crippen LogP contribution in [-0.4, -0.2) is 4.57 Å². The summed E-state index contributed by atoms with van der Waals surface area (Å²) in [6, 6.07) is 8.91. The zero-order valence-electron chi connectivity index (χ0n) is 11.5. The Balaban J connectivity index is 2.31. The number of benzene rings is 1. The molecule has 18 heavy (non-hydrogen) atoms. The molecule has 2 heterocycles. The fourth-order valence-electron chi connectivity index (χ4n) is 3.40. The van der Waals surface area contributed by atoms with E-state index in [2.05, 4.69) is 66.7 Å². The van der Waals surface area contributed by atoms with Crippen LogP contribution in [0.1, 0.15) is 32.3 Å². The summed E-state index contributed by atoms with van der Waals surface area (Å²) in [5, 5.41) is 0. The van der Waals surface area contributed by atoms with E-state index in [9.17, 15) is 0 Å². The molecular formula is C16H21N2+. The normalized spacial score (nSPS) is 16.2. The van der Waals surface area contributed by atoms with Crippen molar-refractivity contribution in [1.29, 1.82) is 0 Å². The second-order valence-corrected chi connectivity index (χ2v) is 5.39.